The number of benzene rings is 2. The van der Waals surface area contributed by atoms with Crippen LogP contribution in [0.25, 0.3) is 0 Å². The van der Waals surface area contributed by atoms with Crippen molar-refractivity contribution in [1.29, 1.82) is 0 Å². The van der Waals surface area contributed by atoms with E-state index >= 15 is 0 Å². The molecule has 0 radical (unpaired) electrons. The molecule has 0 saturated heterocycles. The Kier molecular flexibility index (Phi) is 4.54. The van der Waals surface area contributed by atoms with Crippen molar-refractivity contribution < 1.29 is 14.3 Å². The van der Waals surface area contributed by atoms with Crippen molar-refractivity contribution in [1.82, 2.24) is 9.78 Å². The molecule has 0 fully saturated rings. The first-order valence-electron chi connectivity index (χ1n) is 8.88. The van der Waals surface area contributed by atoms with Gasteiger partial charge in [0, 0.05) is 0 Å². The molecule has 2 aromatic carbocycles. The van der Waals surface area contributed by atoms with Gasteiger partial charge in [-0.05, 0) is 37.3 Å². The number of carbonyl (C=O) groups is 1. The van der Waals surface area contributed by atoms with E-state index in [0.717, 1.165) is 17.1 Å². The minimum absolute atomic E-state index is 0.0379. The molecular weight excluding hydrogens is 342 g/mol. The highest BCUT2D eigenvalue weighted by atomic mass is 16.5. The zero-order chi connectivity index (χ0) is 18.8. The summed E-state index contributed by atoms with van der Waals surface area (Å²) in [7, 11) is 1.61. The molecule has 0 unspecified atom stereocenters. The number of anilines is 1. The van der Waals surface area contributed by atoms with Gasteiger partial charge in [-0.3, -0.25) is 14.4 Å². The van der Waals surface area contributed by atoms with E-state index in [1.165, 1.54) is 0 Å². The molecule has 3 aromatic rings. The molecule has 1 aliphatic rings. The second-order valence-corrected chi connectivity index (χ2v) is 6.50. The monoisotopic (exact) mass is 363 g/mol. The van der Waals surface area contributed by atoms with E-state index < -0.39 is 0 Å². The summed E-state index contributed by atoms with van der Waals surface area (Å²) in [5, 5.41) is 4.55. The van der Waals surface area contributed by atoms with Crippen LogP contribution in [0.1, 0.15) is 23.1 Å². The van der Waals surface area contributed by atoms with Crippen molar-refractivity contribution in [3.63, 3.8) is 0 Å². The number of nitrogens with zero attached hydrogens (tertiary/aromatic N) is 3. The Morgan fingerprint density at radius 1 is 1.11 bits per heavy atom. The molecular formula is C21H21N3O3. The Labute approximate surface area is 157 Å². The molecule has 0 spiro atoms. The van der Waals surface area contributed by atoms with Gasteiger partial charge in [0.05, 0.1) is 25.4 Å². The molecule has 0 N–H and O–H groups in total. The molecule has 0 aliphatic carbocycles. The molecule has 4 rings (SSSR count). The van der Waals surface area contributed by atoms with Crippen molar-refractivity contribution in [3.8, 4) is 11.5 Å². The Balaban J connectivity index is 1.59. The lowest BCUT2D eigenvalue weighted by Gasteiger charge is -2.34. The zero-order valence-corrected chi connectivity index (χ0v) is 15.3. The molecule has 1 aromatic heterocycles. The highest BCUT2D eigenvalue weighted by Gasteiger charge is 2.33. The summed E-state index contributed by atoms with van der Waals surface area (Å²) < 4.78 is 13.0. The predicted octanol–water partition coefficient (Wildman–Crippen LogP) is 3.52. The van der Waals surface area contributed by atoms with Gasteiger partial charge in [0.1, 0.15) is 29.5 Å². The summed E-state index contributed by atoms with van der Waals surface area (Å²) in [5.41, 5.74) is 2.06. The maximum Gasteiger partial charge on any atom is 0.276 e. The Bertz CT molecular complexity index is 952. The predicted molar refractivity (Wildman–Crippen MR) is 102 cm³/mol. The zero-order valence-electron chi connectivity index (χ0n) is 15.3. The van der Waals surface area contributed by atoms with Crippen LogP contribution in [-0.4, -0.2) is 28.8 Å². The largest absolute Gasteiger partial charge is 0.495 e. The van der Waals surface area contributed by atoms with E-state index in [4.69, 9.17) is 9.47 Å². The SMILES string of the molecule is COc1ccccc1N1C(=O)c2cc(COc3ccccc3)nn2C[C@H]1C. The lowest BCUT2D eigenvalue weighted by atomic mass is 10.1. The molecule has 138 valence electrons. The third-order valence-corrected chi connectivity index (χ3v) is 4.62. The lowest BCUT2D eigenvalue weighted by molar-refractivity contribution is 0.0946. The molecule has 1 aliphatic heterocycles. The van der Waals surface area contributed by atoms with E-state index in [2.05, 4.69) is 5.10 Å². The molecule has 2 heterocycles. The average molecular weight is 363 g/mol. The summed E-state index contributed by atoms with van der Waals surface area (Å²) >= 11 is 0. The number of ether oxygens (including phenoxy) is 2. The Morgan fingerprint density at radius 2 is 1.85 bits per heavy atom. The fourth-order valence-corrected chi connectivity index (χ4v) is 3.36. The maximum absolute atomic E-state index is 13.2. The second kappa shape index (κ2) is 7.15. The number of hydrogen-bond donors (Lipinski definition) is 0. The topological polar surface area (TPSA) is 56.6 Å². The van der Waals surface area contributed by atoms with E-state index in [9.17, 15) is 4.79 Å². The Hall–Kier alpha value is -3.28. The first kappa shape index (κ1) is 17.1. The van der Waals surface area contributed by atoms with Crippen LogP contribution >= 0.6 is 0 Å². The highest BCUT2D eigenvalue weighted by molar-refractivity contribution is 6.07. The Morgan fingerprint density at radius 3 is 2.63 bits per heavy atom. The van der Waals surface area contributed by atoms with Gasteiger partial charge in [0.25, 0.3) is 5.91 Å². The van der Waals surface area contributed by atoms with E-state index in [-0.39, 0.29) is 11.9 Å². The number of carbonyl (C=O) groups excluding carboxylic acids is 1. The number of fused-ring (bicyclic) bond motifs is 1. The first-order valence-corrected chi connectivity index (χ1v) is 8.88. The summed E-state index contributed by atoms with van der Waals surface area (Å²) in [6, 6.07) is 18.9. The van der Waals surface area contributed by atoms with Gasteiger partial charge in [-0.2, -0.15) is 5.10 Å². The average Bonchev–Trinajstić information content (AvgIpc) is 3.11. The summed E-state index contributed by atoms with van der Waals surface area (Å²) in [4.78, 5) is 14.9. The molecule has 1 atom stereocenters. The van der Waals surface area contributed by atoms with Crippen LogP contribution in [0.15, 0.2) is 60.7 Å². The number of hydrogen-bond acceptors (Lipinski definition) is 4. The number of aromatic nitrogens is 2. The van der Waals surface area contributed by atoms with Crippen LogP contribution < -0.4 is 14.4 Å². The van der Waals surface area contributed by atoms with Gasteiger partial charge in [-0.1, -0.05) is 30.3 Å². The normalized spacial score (nSPS) is 16.1. The van der Waals surface area contributed by atoms with Crippen LogP contribution in [0.4, 0.5) is 5.69 Å². The summed E-state index contributed by atoms with van der Waals surface area (Å²) in [5.74, 6) is 1.37. The van der Waals surface area contributed by atoms with Crippen molar-refractivity contribution in [2.24, 2.45) is 0 Å². The quantitative estimate of drug-likeness (QED) is 0.696. The van der Waals surface area contributed by atoms with Crippen LogP contribution in [-0.2, 0) is 13.2 Å². The molecule has 0 bridgehead atoms. The minimum Gasteiger partial charge on any atom is -0.495 e. The lowest BCUT2D eigenvalue weighted by Crippen LogP contribution is -2.47. The van der Waals surface area contributed by atoms with Gasteiger partial charge in [-0.25, -0.2) is 0 Å². The number of para-hydroxylation sites is 3. The maximum atomic E-state index is 13.2. The summed E-state index contributed by atoms with van der Waals surface area (Å²) in [6.07, 6.45) is 0. The fourth-order valence-electron chi connectivity index (χ4n) is 3.36. The van der Waals surface area contributed by atoms with E-state index in [0.29, 0.717) is 24.6 Å². The van der Waals surface area contributed by atoms with Crippen LogP contribution in [0, 0.1) is 0 Å². The third-order valence-electron chi connectivity index (χ3n) is 4.62. The number of rotatable bonds is 5. The molecule has 27 heavy (non-hydrogen) atoms. The van der Waals surface area contributed by atoms with Crippen LogP contribution in [0.2, 0.25) is 0 Å². The highest BCUT2D eigenvalue weighted by Crippen LogP contribution is 2.33. The second-order valence-electron chi connectivity index (χ2n) is 6.50. The number of methoxy groups -OCH3 is 1. The van der Waals surface area contributed by atoms with Gasteiger partial charge in [0.2, 0.25) is 0 Å². The molecule has 1 amide bonds. The van der Waals surface area contributed by atoms with Crippen molar-refractivity contribution in [2.75, 3.05) is 12.0 Å². The van der Waals surface area contributed by atoms with E-state index in [1.807, 2.05) is 61.5 Å². The smallest absolute Gasteiger partial charge is 0.276 e. The van der Waals surface area contributed by atoms with Gasteiger partial charge >= 0.3 is 0 Å². The number of amides is 1. The van der Waals surface area contributed by atoms with Crippen molar-refractivity contribution in [3.05, 3.63) is 72.1 Å². The van der Waals surface area contributed by atoms with E-state index in [1.54, 1.807) is 22.8 Å². The first-order chi connectivity index (χ1) is 13.2. The minimum atomic E-state index is -0.0864. The molecule has 6 heteroatoms. The third kappa shape index (κ3) is 3.26. The van der Waals surface area contributed by atoms with Gasteiger partial charge < -0.3 is 9.47 Å². The fraction of sp³-hybridized carbons (Fsp3) is 0.238. The standard InChI is InChI=1S/C21H21N3O3/c1-15-13-23-19(12-16(22-23)14-27-17-8-4-3-5-9-17)21(25)24(15)18-10-6-7-11-20(18)26-2/h3-12,15H,13-14H2,1-2H3/t15-/m1/s1. The van der Waals surface area contributed by atoms with Gasteiger partial charge in [0.15, 0.2) is 0 Å². The van der Waals surface area contributed by atoms with Crippen LogP contribution in [0.3, 0.4) is 0 Å². The van der Waals surface area contributed by atoms with Crippen molar-refractivity contribution >= 4 is 11.6 Å². The van der Waals surface area contributed by atoms with Crippen molar-refractivity contribution in [2.45, 2.75) is 26.1 Å². The van der Waals surface area contributed by atoms with Gasteiger partial charge in [-0.15, -0.1) is 0 Å². The molecule has 0 saturated carbocycles. The molecule has 6 nitrogen and oxygen atoms in total. The van der Waals surface area contributed by atoms with Crippen LogP contribution in [0.5, 0.6) is 11.5 Å². The summed E-state index contributed by atoms with van der Waals surface area (Å²) in [6.45, 7) is 2.94.